The average molecular weight is 284 g/mol. The van der Waals surface area contributed by atoms with Crippen molar-refractivity contribution in [2.24, 2.45) is 5.92 Å². The van der Waals surface area contributed by atoms with Crippen LogP contribution in [0.1, 0.15) is 24.2 Å². The zero-order valence-corrected chi connectivity index (χ0v) is 11.9. The number of ether oxygens (including phenoxy) is 1. The van der Waals surface area contributed by atoms with Crippen LogP contribution in [-0.2, 0) is 4.74 Å². The molecule has 2 N–H and O–H groups in total. The molecule has 5 heteroatoms. The van der Waals surface area contributed by atoms with Gasteiger partial charge in [-0.3, -0.25) is 4.79 Å². The van der Waals surface area contributed by atoms with Crippen molar-refractivity contribution in [3.05, 3.63) is 46.4 Å². The zero-order valence-electron chi connectivity index (χ0n) is 11.9. The molecule has 2 aromatic heterocycles. The molecule has 3 aromatic rings. The molecule has 1 aromatic carbocycles. The molecular formula is C16H16N2O3. The first-order chi connectivity index (χ1) is 10.1. The van der Waals surface area contributed by atoms with Crippen molar-refractivity contribution in [1.82, 2.24) is 9.97 Å². The first-order valence-electron chi connectivity index (χ1n) is 6.87. The minimum absolute atomic E-state index is 0.244. The van der Waals surface area contributed by atoms with E-state index in [1.54, 1.807) is 0 Å². The first-order valence-corrected chi connectivity index (χ1v) is 6.87. The second-order valence-electron chi connectivity index (χ2n) is 5.44. The monoisotopic (exact) mass is 284 g/mol. The number of nitrogens with one attached hydrogen (secondary N) is 2. The largest absolute Gasteiger partial charge is 0.462 e. The number of pyridine rings is 1. The van der Waals surface area contributed by atoms with Gasteiger partial charge in [0.05, 0.1) is 12.2 Å². The molecule has 2 heterocycles. The highest BCUT2D eigenvalue weighted by Gasteiger charge is 2.18. The topological polar surface area (TPSA) is 75.0 Å². The van der Waals surface area contributed by atoms with Gasteiger partial charge in [-0.05, 0) is 12.0 Å². The molecule has 0 aliphatic rings. The number of carbonyl (C=O) groups is 1. The summed E-state index contributed by atoms with van der Waals surface area (Å²) in [7, 11) is 0. The summed E-state index contributed by atoms with van der Waals surface area (Å²) in [6, 6.07) is 7.40. The van der Waals surface area contributed by atoms with E-state index in [1.807, 2.05) is 38.1 Å². The standard InChI is InChI=1S/C16H16N2O3/c1-9(2)8-21-16(20)11-7-17-14-13(11)10-5-3-4-6-12(10)18-15(14)19/h3-7,9,17H,8H2,1-2H3,(H,18,19). The second-order valence-corrected chi connectivity index (χ2v) is 5.44. The third-order valence-corrected chi connectivity index (χ3v) is 3.32. The predicted molar refractivity (Wildman–Crippen MR) is 81.5 cm³/mol. The van der Waals surface area contributed by atoms with Gasteiger partial charge < -0.3 is 14.7 Å². The molecule has 0 amide bonds. The minimum atomic E-state index is -0.411. The van der Waals surface area contributed by atoms with E-state index in [9.17, 15) is 9.59 Å². The van der Waals surface area contributed by atoms with E-state index in [1.165, 1.54) is 6.20 Å². The van der Waals surface area contributed by atoms with Crippen molar-refractivity contribution in [2.75, 3.05) is 6.61 Å². The molecule has 0 fully saturated rings. The quantitative estimate of drug-likeness (QED) is 0.726. The Balaban J connectivity index is 2.20. The summed E-state index contributed by atoms with van der Waals surface area (Å²) < 4.78 is 5.27. The first kappa shape index (κ1) is 13.4. The summed E-state index contributed by atoms with van der Waals surface area (Å²) in [6.45, 7) is 4.30. The summed E-state index contributed by atoms with van der Waals surface area (Å²) in [4.78, 5) is 29.9. The molecule has 0 aliphatic heterocycles. The van der Waals surface area contributed by atoms with Crippen molar-refractivity contribution in [3.8, 4) is 0 Å². The molecule has 108 valence electrons. The molecular weight excluding hydrogens is 268 g/mol. The highest BCUT2D eigenvalue weighted by Crippen LogP contribution is 2.25. The summed E-state index contributed by atoms with van der Waals surface area (Å²) in [5.41, 5.74) is 1.25. The number of carbonyl (C=O) groups excluding carboxylic acids is 1. The molecule has 0 atom stereocenters. The molecule has 0 bridgehead atoms. The Morgan fingerprint density at radius 3 is 2.81 bits per heavy atom. The molecule has 0 radical (unpaired) electrons. The van der Waals surface area contributed by atoms with E-state index < -0.39 is 5.97 Å². The number of aromatic amines is 2. The van der Waals surface area contributed by atoms with Crippen LogP contribution in [0.2, 0.25) is 0 Å². The lowest BCUT2D eigenvalue weighted by atomic mass is 10.1. The van der Waals surface area contributed by atoms with Gasteiger partial charge in [-0.15, -0.1) is 0 Å². The highest BCUT2D eigenvalue weighted by atomic mass is 16.5. The van der Waals surface area contributed by atoms with Gasteiger partial charge in [0, 0.05) is 22.5 Å². The minimum Gasteiger partial charge on any atom is -0.462 e. The summed E-state index contributed by atoms with van der Waals surface area (Å²) in [5, 5.41) is 1.44. The van der Waals surface area contributed by atoms with E-state index in [0.717, 1.165) is 5.39 Å². The Morgan fingerprint density at radius 1 is 1.29 bits per heavy atom. The van der Waals surface area contributed by atoms with Crippen LogP contribution in [-0.4, -0.2) is 22.5 Å². The van der Waals surface area contributed by atoms with E-state index in [0.29, 0.717) is 28.6 Å². The Labute approximate surface area is 120 Å². The van der Waals surface area contributed by atoms with Crippen LogP contribution >= 0.6 is 0 Å². The maximum Gasteiger partial charge on any atom is 0.340 e. The predicted octanol–water partition coefficient (Wildman–Crippen LogP) is 2.82. The number of para-hydroxylation sites is 1. The van der Waals surface area contributed by atoms with Gasteiger partial charge >= 0.3 is 5.97 Å². The molecule has 3 rings (SSSR count). The van der Waals surface area contributed by atoms with Crippen molar-refractivity contribution in [1.29, 1.82) is 0 Å². The van der Waals surface area contributed by atoms with Crippen molar-refractivity contribution >= 4 is 27.8 Å². The number of fused-ring (bicyclic) bond motifs is 3. The normalized spacial score (nSPS) is 11.4. The lowest BCUT2D eigenvalue weighted by Crippen LogP contribution is -2.11. The molecule has 0 spiro atoms. The molecule has 0 saturated carbocycles. The van der Waals surface area contributed by atoms with E-state index >= 15 is 0 Å². The molecule has 0 saturated heterocycles. The Bertz CT molecular complexity index is 874. The number of H-pyrrole nitrogens is 2. The van der Waals surface area contributed by atoms with Gasteiger partial charge in [-0.2, -0.15) is 0 Å². The maximum atomic E-state index is 12.2. The van der Waals surface area contributed by atoms with Gasteiger partial charge in [0.2, 0.25) is 0 Å². The van der Waals surface area contributed by atoms with Gasteiger partial charge in [0.1, 0.15) is 5.52 Å². The third kappa shape index (κ3) is 2.31. The fourth-order valence-corrected chi connectivity index (χ4v) is 2.36. The van der Waals surface area contributed by atoms with Crippen LogP contribution in [0.3, 0.4) is 0 Å². The Morgan fingerprint density at radius 2 is 2.05 bits per heavy atom. The van der Waals surface area contributed by atoms with E-state index in [2.05, 4.69) is 9.97 Å². The van der Waals surface area contributed by atoms with Crippen LogP contribution in [0.25, 0.3) is 21.8 Å². The fraction of sp³-hybridized carbons (Fsp3) is 0.250. The average Bonchev–Trinajstić information content (AvgIpc) is 2.90. The van der Waals surface area contributed by atoms with Gasteiger partial charge in [0.15, 0.2) is 0 Å². The van der Waals surface area contributed by atoms with Crippen molar-refractivity contribution in [3.63, 3.8) is 0 Å². The van der Waals surface area contributed by atoms with Gasteiger partial charge in [0.25, 0.3) is 5.56 Å². The molecule has 5 nitrogen and oxygen atoms in total. The van der Waals surface area contributed by atoms with Gasteiger partial charge in [-0.1, -0.05) is 32.0 Å². The smallest absolute Gasteiger partial charge is 0.340 e. The highest BCUT2D eigenvalue weighted by molar-refractivity contribution is 6.14. The van der Waals surface area contributed by atoms with Gasteiger partial charge in [-0.25, -0.2) is 4.79 Å². The number of esters is 1. The number of hydrogen-bond acceptors (Lipinski definition) is 3. The Kier molecular flexibility index (Phi) is 3.25. The number of rotatable bonds is 3. The number of aromatic nitrogens is 2. The van der Waals surface area contributed by atoms with Crippen molar-refractivity contribution in [2.45, 2.75) is 13.8 Å². The molecule has 21 heavy (non-hydrogen) atoms. The number of hydrogen-bond donors (Lipinski definition) is 2. The van der Waals surface area contributed by atoms with Crippen LogP contribution in [0, 0.1) is 5.92 Å². The maximum absolute atomic E-state index is 12.2. The summed E-state index contributed by atoms with van der Waals surface area (Å²) >= 11 is 0. The van der Waals surface area contributed by atoms with Crippen LogP contribution in [0.15, 0.2) is 35.3 Å². The molecule has 0 aliphatic carbocycles. The fourth-order valence-electron chi connectivity index (χ4n) is 2.36. The zero-order chi connectivity index (χ0) is 15.0. The summed E-state index contributed by atoms with van der Waals surface area (Å²) in [5.74, 6) is -0.148. The Hall–Kier alpha value is -2.56. The third-order valence-electron chi connectivity index (χ3n) is 3.32. The van der Waals surface area contributed by atoms with Crippen LogP contribution < -0.4 is 5.56 Å². The van der Waals surface area contributed by atoms with E-state index in [-0.39, 0.29) is 11.5 Å². The second kappa shape index (κ2) is 5.09. The van der Waals surface area contributed by atoms with Crippen LogP contribution in [0.5, 0.6) is 0 Å². The lowest BCUT2D eigenvalue weighted by Gasteiger charge is -2.07. The van der Waals surface area contributed by atoms with E-state index in [4.69, 9.17) is 4.74 Å². The molecule has 0 unspecified atom stereocenters. The lowest BCUT2D eigenvalue weighted by molar-refractivity contribution is 0.0461. The SMILES string of the molecule is CC(C)COC(=O)c1c[nH]c2c(=O)[nH]c3ccccc3c12. The summed E-state index contributed by atoms with van der Waals surface area (Å²) in [6.07, 6.45) is 1.54. The van der Waals surface area contributed by atoms with Crippen LogP contribution in [0.4, 0.5) is 0 Å². The van der Waals surface area contributed by atoms with Crippen molar-refractivity contribution < 1.29 is 9.53 Å². The number of benzene rings is 1.